The maximum atomic E-state index is 12.4. The number of piperazine rings is 1. The highest BCUT2D eigenvalue weighted by molar-refractivity contribution is 5.73. The summed E-state index contributed by atoms with van der Waals surface area (Å²) < 4.78 is 5.06. The molecule has 2 amide bonds. The fourth-order valence-electron chi connectivity index (χ4n) is 3.50. The van der Waals surface area contributed by atoms with Crippen molar-refractivity contribution in [1.82, 2.24) is 25.2 Å². The SMILES string of the molecule is CCN1CCN(Cc2ccccc2CNC(=O)N(C)Cc2cc(C)on2)CC1. The molecule has 1 aliphatic rings. The molecule has 1 aromatic heterocycles. The molecular formula is C21H31N5O2. The Labute approximate surface area is 167 Å². The van der Waals surface area contributed by atoms with Crippen LogP contribution in [0, 0.1) is 6.92 Å². The second-order valence-electron chi connectivity index (χ2n) is 7.42. The van der Waals surface area contributed by atoms with E-state index in [1.165, 1.54) is 11.1 Å². The van der Waals surface area contributed by atoms with E-state index in [1.807, 2.05) is 19.1 Å². The van der Waals surface area contributed by atoms with Gasteiger partial charge in [-0.1, -0.05) is 36.3 Å². The molecule has 0 radical (unpaired) electrons. The number of hydrogen-bond acceptors (Lipinski definition) is 5. The lowest BCUT2D eigenvalue weighted by Gasteiger charge is -2.34. The number of nitrogens with one attached hydrogen (secondary N) is 1. The van der Waals surface area contributed by atoms with Gasteiger partial charge >= 0.3 is 6.03 Å². The van der Waals surface area contributed by atoms with Crippen LogP contribution in [-0.2, 0) is 19.6 Å². The second kappa shape index (κ2) is 9.71. The fraction of sp³-hybridized carbons (Fsp3) is 0.524. The van der Waals surface area contributed by atoms with Gasteiger partial charge in [-0.3, -0.25) is 4.90 Å². The third kappa shape index (κ3) is 5.56. The van der Waals surface area contributed by atoms with Crippen molar-refractivity contribution in [2.45, 2.75) is 33.5 Å². The zero-order chi connectivity index (χ0) is 19.9. The van der Waals surface area contributed by atoms with Gasteiger partial charge in [0.1, 0.15) is 11.5 Å². The van der Waals surface area contributed by atoms with Crippen LogP contribution in [0.1, 0.15) is 29.5 Å². The van der Waals surface area contributed by atoms with E-state index < -0.39 is 0 Å². The Hall–Kier alpha value is -2.38. The van der Waals surface area contributed by atoms with Crippen LogP contribution in [0.15, 0.2) is 34.9 Å². The summed E-state index contributed by atoms with van der Waals surface area (Å²) in [7, 11) is 1.76. The predicted molar refractivity (Wildman–Crippen MR) is 109 cm³/mol. The molecule has 1 fully saturated rings. The Morgan fingerprint density at radius 1 is 1.18 bits per heavy atom. The first kappa shape index (κ1) is 20.4. The summed E-state index contributed by atoms with van der Waals surface area (Å²) in [4.78, 5) is 19.0. The molecule has 2 heterocycles. The number of likely N-dealkylation sites (N-methyl/N-ethyl adjacent to an activating group) is 1. The van der Waals surface area contributed by atoms with Gasteiger partial charge in [0.15, 0.2) is 0 Å². The zero-order valence-electron chi connectivity index (χ0n) is 17.1. The average molecular weight is 386 g/mol. The van der Waals surface area contributed by atoms with Gasteiger partial charge in [0.05, 0.1) is 6.54 Å². The van der Waals surface area contributed by atoms with Crippen molar-refractivity contribution in [3.8, 4) is 0 Å². The number of aryl methyl sites for hydroxylation is 1. The van der Waals surface area contributed by atoms with Crippen molar-refractivity contribution in [3.05, 3.63) is 52.9 Å². The standard InChI is InChI=1S/C21H31N5O2/c1-4-25-9-11-26(12-10-25)15-19-8-6-5-7-18(19)14-22-21(27)24(3)16-20-13-17(2)28-23-20/h5-8,13H,4,9-12,14-16H2,1-3H3,(H,22,27). The number of rotatable bonds is 7. The van der Waals surface area contributed by atoms with Crippen LogP contribution in [0.2, 0.25) is 0 Å². The smallest absolute Gasteiger partial charge is 0.317 e. The molecule has 1 N–H and O–H groups in total. The number of hydrogen-bond donors (Lipinski definition) is 1. The lowest BCUT2D eigenvalue weighted by Crippen LogP contribution is -2.45. The van der Waals surface area contributed by atoms with E-state index in [1.54, 1.807) is 11.9 Å². The van der Waals surface area contributed by atoms with Crippen molar-refractivity contribution in [3.63, 3.8) is 0 Å². The van der Waals surface area contributed by atoms with Crippen LogP contribution in [-0.4, -0.2) is 65.7 Å². The lowest BCUT2D eigenvalue weighted by atomic mass is 10.1. The first-order valence-corrected chi connectivity index (χ1v) is 9.97. The number of urea groups is 1. The highest BCUT2D eigenvalue weighted by Gasteiger charge is 2.17. The summed E-state index contributed by atoms with van der Waals surface area (Å²) in [6.07, 6.45) is 0. The summed E-state index contributed by atoms with van der Waals surface area (Å²) in [6, 6.07) is 10.1. The first-order valence-electron chi connectivity index (χ1n) is 9.97. The van der Waals surface area contributed by atoms with Crippen LogP contribution in [0.4, 0.5) is 4.79 Å². The van der Waals surface area contributed by atoms with Crippen LogP contribution in [0.3, 0.4) is 0 Å². The van der Waals surface area contributed by atoms with E-state index in [9.17, 15) is 4.79 Å². The monoisotopic (exact) mass is 385 g/mol. The maximum Gasteiger partial charge on any atom is 0.317 e. The number of benzene rings is 1. The van der Waals surface area contributed by atoms with E-state index in [4.69, 9.17) is 4.52 Å². The lowest BCUT2D eigenvalue weighted by molar-refractivity contribution is 0.131. The van der Waals surface area contributed by atoms with Gasteiger partial charge in [0.25, 0.3) is 0 Å². The maximum absolute atomic E-state index is 12.4. The quantitative estimate of drug-likeness (QED) is 0.793. The Morgan fingerprint density at radius 2 is 1.86 bits per heavy atom. The van der Waals surface area contributed by atoms with Crippen LogP contribution >= 0.6 is 0 Å². The minimum absolute atomic E-state index is 0.119. The van der Waals surface area contributed by atoms with Crippen molar-refractivity contribution < 1.29 is 9.32 Å². The number of nitrogens with zero attached hydrogens (tertiary/aromatic N) is 4. The van der Waals surface area contributed by atoms with Gasteiger partial charge in [0.2, 0.25) is 0 Å². The summed E-state index contributed by atoms with van der Waals surface area (Å²) in [5, 5.41) is 6.96. The largest absolute Gasteiger partial charge is 0.361 e. The summed E-state index contributed by atoms with van der Waals surface area (Å²) in [5.41, 5.74) is 3.20. The Balaban J connectivity index is 1.52. The molecule has 0 saturated carbocycles. The molecule has 0 unspecified atom stereocenters. The Kier molecular flexibility index (Phi) is 7.06. The number of aromatic nitrogens is 1. The van der Waals surface area contributed by atoms with Crippen molar-refractivity contribution in [2.75, 3.05) is 39.8 Å². The molecule has 3 rings (SSSR count). The first-order chi connectivity index (χ1) is 13.5. The molecule has 0 atom stereocenters. The number of carbonyl (C=O) groups excluding carboxylic acids is 1. The van der Waals surface area contributed by atoms with E-state index in [-0.39, 0.29) is 6.03 Å². The minimum atomic E-state index is -0.119. The molecule has 7 heteroatoms. The fourth-order valence-corrected chi connectivity index (χ4v) is 3.50. The number of carbonyl (C=O) groups is 1. The third-order valence-corrected chi connectivity index (χ3v) is 5.28. The Bertz CT molecular complexity index is 768. The summed E-state index contributed by atoms with van der Waals surface area (Å²) in [6.45, 7) is 11.5. The number of amides is 2. The molecule has 0 bridgehead atoms. The van der Waals surface area contributed by atoms with E-state index >= 15 is 0 Å². The normalized spacial score (nSPS) is 15.5. The molecule has 1 saturated heterocycles. The van der Waals surface area contributed by atoms with Crippen molar-refractivity contribution in [2.24, 2.45) is 0 Å². The molecule has 7 nitrogen and oxygen atoms in total. The van der Waals surface area contributed by atoms with E-state index in [2.05, 4.69) is 45.4 Å². The van der Waals surface area contributed by atoms with Crippen molar-refractivity contribution in [1.29, 1.82) is 0 Å². The van der Waals surface area contributed by atoms with Crippen LogP contribution in [0.5, 0.6) is 0 Å². The molecule has 1 aromatic carbocycles. The van der Waals surface area contributed by atoms with E-state index in [0.717, 1.165) is 50.7 Å². The van der Waals surface area contributed by atoms with Gasteiger partial charge in [0, 0.05) is 52.4 Å². The van der Waals surface area contributed by atoms with E-state index in [0.29, 0.717) is 13.1 Å². The van der Waals surface area contributed by atoms with Crippen LogP contribution < -0.4 is 5.32 Å². The predicted octanol–water partition coefficient (Wildman–Crippen LogP) is 2.46. The summed E-state index contributed by atoms with van der Waals surface area (Å²) in [5.74, 6) is 0.748. The minimum Gasteiger partial charge on any atom is -0.361 e. The molecular weight excluding hydrogens is 354 g/mol. The van der Waals surface area contributed by atoms with Gasteiger partial charge in [-0.15, -0.1) is 0 Å². The van der Waals surface area contributed by atoms with Crippen LogP contribution in [0.25, 0.3) is 0 Å². The Morgan fingerprint density at radius 3 is 2.50 bits per heavy atom. The van der Waals surface area contributed by atoms with Gasteiger partial charge in [-0.05, 0) is 24.6 Å². The van der Waals surface area contributed by atoms with Gasteiger partial charge < -0.3 is 19.6 Å². The highest BCUT2D eigenvalue weighted by atomic mass is 16.5. The molecule has 2 aromatic rings. The van der Waals surface area contributed by atoms with Gasteiger partial charge in [-0.2, -0.15) is 0 Å². The summed E-state index contributed by atoms with van der Waals surface area (Å²) >= 11 is 0. The molecule has 1 aliphatic heterocycles. The second-order valence-corrected chi connectivity index (χ2v) is 7.42. The van der Waals surface area contributed by atoms with Crippen molar-refractivity contribution >= 4 is 6.03 Å². The molecule has 0 spiro atoms. The zero-order valence-corrected chi connectivity index (χ0v) is 17.1. The molecule has 28 heavy (non-hydrogen) atoms. The topological polar surface area (TPSA) is 64.8 Å². The molecule has 152 valence electrons. The third-order valence-electron chi connectivity index (χ3n) is 5.28. The van der Waals surface area contributed by atoms with Gasteiger partial charge in [-0.25, -0.2) is 4.79 Å². The average Bonchev–Trinajstić information content (AvgIpc) is 3.12. The highest BCUT2D eigenvalue weighted by Crippen LogP contribution is 2.14. The molecule has 0 aliphatic carbocycles.